The zero-order chi connectivity index (χ0) is 20.9. The maximum absolute atomic E-state index is 13.8. The summed E-state index contributed by atoms with van der Waals surface area (Å²) in [6.45, 7) is 2.13. The van der Waals surface area contributed by atoms with Crippen LogP contribution in [0.4, 0.5) is 14.9 Å². The quantitative estimate of drug-likeness (QED) is 0.661. The molecule has 1 heterocycles. The minimum Gasteiger partial charge on any atom is -0.334 e. The number of nitrogens with zero attached hydrogens (tertiary/aromatic N) is 1. The summed E-state index contributed by atoms with van der Waals surface area (Å²) in [7, 11) is 0. The number of rotatable bonds is 5. The summed E-state index contributed by atoms with van der Waals surface area (Å²) in [5.41, 5.74) is 1.57. The van der Waals surface area contributed by atoms with Crippen molar-refractivity contribution >= 4 is 23.3 Å². The van der Waals surface area contributed by atoms with Gasteiger partial charge < -0.3 is 10.6 Å². The van der Waals surface area contributed by atoms with Crippen LogP contribution in [0, 0.1) is 11.7 Å². The molecule has 2 aromatic carbocycles. The molecule has 2 atom stereocenters. The number of hydrogen-bond donors (Lipinski definition) is 2. The van der Waals surface area contributed by atoms with Gasteiger partial charge in [-0.1, -0.05) is 35.9 Å². The Balaban J connectivity index is 1.27. The van der Waals surface area contributed by atoms with Gasteiger partial charge >= 0.3 is 6.03 Å². The molecule has 4 nitrogen and oxygen atoms in total. The lowest BCUT2D eigenvalue weighted by Crippen LogP contribution is -2.52. The van der Waals surface area contributed by atoms with Crippen molar-refractivity contribution in [1.29, 1.82) is 0 Å². The Morgan fingerprint density at radius 2 is 1.77 bits per heavy atom. The lowest BCUT2D eigenvalue weighted by Gasteiger charge is -2.38. The number of carbonyl (C=O) groups excluding carboxylic acids is 1. The largest absolute Gasteiger partial charge is 0.334 e. The van der Waals surface area contributed by atoms with E-state index >= 15 is 0 Å². The summed E-state index contributed by atoms with van der Waals surface area (Å²) >= 11 is 5.99. The van der Waals surface area contributed by atoms with Gasteiger partial charge in [0.05, 0.1) is 5.69 Å². The molecule has 2 amide bonds. The second-order valence-electron chi connectivity index (χ2n) is 8.49. The Bertz CT molecular complexity index is 852. The van der Waals surface area contributed by atoms with Crippen molar-refractivity contribution in [3.63, 3.8) is 0 Å². The molecule has 2 fully saturated rings. The predicted octanol–water partition coefficient (Wildman–Crippen LogP) is 5.48. The summed E-state index contributed by atoms with van der Waals surface area (Å²) < 4.78 is 13.8. The molecular formula is C24H29ClFN3O. The first-order chi connectivity index (χ1) is 14.6. The van der Waals surface area contributed by atoms with Gasteiger partial charge in [0.2, 0.25) is 0 Å². The molecule has 1 saturated carbocycles. The fourth-order valence-corrected chi connectivity index (χ4v) is 5.00. The molecule has 6 heteroatoms. The van der Waals surface area contributed by atoms with Crippen LogP contribution in [0.5, 0.6) is 0 Å². The minimum absolute atomic E-state index is 0.115. The lowest BCUT2D eigenvalue weighted by atomic mass is 9.89. The van der Waals surface area contributed by atoms with Gasteiger partial charge in [-0.15, -0.1) is 0 Å². The number of carbonyl (C=O) groups is 1. The average Bonchev–Trinajstić information content (AvgIpc) is 3.20. The summed E-state index contributed by atoms with van der Waals surface area (Å²) in [5.74, 6) is 0.276. The Hall–Kier alpha value is -2.11. The minimum atomic E-state index is -0.418. The van der Waals surface area contributed by atoms with E-state index in [0.717, 1.165) is 43.8 Å². The zero-order valence-corrected chi connectivity index (χ0v) is 17.9. The third-order valence-electron chi connectivity index (χ3n) is 6.47. The monoisotopic (exact) mass is 429 g/mol. The third-order valence-corrected chi connectivity index (χ3v) is 6.73. The Morgan fingerprint density at radius 1 is 1.03 bits per heavy atom. The van der Waals surface area contributed by atoms with Crippen molar-refractivity contribution in [2.45, 2.75) is 50.6 Å². The maximum Gasteiger partial charge on any atom is 0.319 e. The van der Waals surface area contributed by atoms with Crippen molar-refractivity contribution in [2.75, 3.05) is 18.4 Å². The summed E-state index contributed by atoms with van der Waals surface area (Å²) in [4.78, 5) is 15.0. The van der Waals surface area contributed by atoms with Gasteiger partial charge in [-0.05, 0) is 87.4 Å². The van der Waals surface area contributed by atoms with E-state index in [-0.39, 0.29) is 17.8 Å². The van der Waals surface area contributed by atoms with E-state index in [1.165, 1.54) is 24.5 Å². The van der Waals surface area contributed by atoms with Crippen molar-refractivity contribution < 1.29 is 9.18 Å². The van der Waals surface area contributed by atoms with E-state index in [1.807, 2.05) is 12.1 Å². The summed E-state index contributed by atoms with van der Waals surface area (Å²) in [6.07, 6.45) is 6.63. The molecule has 0 radical (unpaired) electrons. The van der Waals surface area contributed by atoms with Crippen LogP contribution in [-0.2, 0) is 6.42 Å². The molecule has 30 heavy (non-hydrogen) atoms. The average molecular weight is 430 g/mol. The topological polar surface area (TPSA) is 44.4 Å². The first kappa shape index (κ1) is 21.1. The number of nitrogens with one attached hydrogen (secondary N) is 2. The smallest absolute Gasteiger partial charge is 0.319 e. The Morgan fingerprint density at radius 3 is 2.50 bits per heavy atom. The molecule has 1 aliphatic heterocycles. The fourth-order valence-electron chi connectivity index (χ4n) is 4.88. The van der Waals surface area contributed by atoms with Crippen LogP contribution in [0.3, 0.4) is 0 Å². The van der Waals surface area contributed by atoms with Crippen LogP contribution < -0.4 is 10.6 Å². The van der Waals surface area contributed by atoms with Gasteiger partial charge in [0.1, 0.15) is 5.82 Å². The van der Waals surface area contributed by atoms with E-state index < -0.39 is 5.82 Å². The van der Waals surface area contributed by atoms with Gasteiger partial charge in [0, 0.05) is 17.1 Å². The highest BCUT2D eigenvalue weighted by atomic mass is 35.5. The molecule has 4 rings (SSSR count). The molecule has 2 aliphatic rings. The molecule has 2 N–H and O–H groups in total. The van der Waals surface area contributed by atoms with E-state index in [4.69, 9.17) is 11.6 Å². The van der Waals surface area contributed by atoms with E-state index in [0.29, 0.717) is 12.0 Å². The number of piperidine rings is 1. The second kappa shape index (κ2) is 9.80. The van der Waals surface area contributed by atoms with Gasteiger partial charge in [-0.3, -0.25) is 4.90 Å². The molecule has 1 saturated heterocycles. The molecule has 2 aromatic rings. The first-order valence-electron chi connectivity index (χ1n) is 10.9. The zero-order valence-electron chi connectivity index (χ0n) is 17.1. The van der Waals surface area contributed by atoms with E-state index in [9.17, 15) is 9.18 Å². The second-order valence-corrected chi connectivity index (χ2v) is 8.93. The molecular weight excluding hydrogens is 401 g/mol. The Labute approximate surface area is 182 Å². The van der Waals surface area contributed by atoms with Crippen LogP contribution in [0.25, 0.3) is 0 Å². The summed E-state index contributed by atoms with van der Waals surface area (Å²) in [5, 5.41) is 6.52. The van der Waals surface area contributed by atoms with Crippen molar-refractivity contribution in [2.24, 2.45) is 5.92 Å². The molecule has 1 aliphatic carbocycles. The number of halogens is 2. The standard InChI is InChI=1S/C24H29ClFN3O/c25-19-10-8-17(9-11-19)16-18-12-14-29(15-13-18)23-7-3-6-22(23)28-24(30)27-21-5-2-1-4-20(21)26/h1-2,4-5,8-11,18,22-23H,3,6-7,12-16H2,(H2,27,28,30). The number of hydrogen-bond acceptors (Lipinski definition) is 2. The first-order valence-corrected chi connectivity index (χ1v) is 11.3. The number of para-hydroxylation sites is 1. The Kier molecular flexibility index (Phi) is 6.90. The highest BCUT2D eigenvalue weighted by molar-refractivity contribution is 6.30. The molecule has 0 spiro atoms. The van der Waals surface area contributed by atoms with Gasteiger partial charge in [0.25, 0.3) is 0 Å². The van der Waals surface area contributed by atoms with Gasteiger partial charge in [-0.25, -0.2) is 9.18 Å². The number of likely N-dealkylation sites (tertiary alicyclic amines) is 1. The molecule has 0 aromatic heterocycles. The van der Waals surface area contributed by atoms with E-state index in [2.05, 4.69) is 27.7 Å². The highest BCUT2D eigenvalue weighted by Crippen LogP contribution is 2.30. The number of urea groups is 1. The predicted molar refractivity (Wildman–Crippen MR) is 119 cm³/mol. The van der Waals surface area contributed by atoms with Gasteiger partial charge in [0.15, 0.2) is 0 Å². The summed E-state index contributed by atoms with van der Waals surface area (Å²) in [6, 6.07) is 14.6. The van der Waals surface area contributed by atoms with Crippen molar-refractivity contribution in [3.05, 3.63) is 64.9 Å². The number of amides is 2. The van der Waals surface area contributed by atoms with Crippen LogP contribution in [0.1, 0.15) is 37.7 Å². The lowest BCUT2D eigenvalue weighted by molar-refractivity contribution is 0.119. The van der Waals surface area contributed by atoms with Crippen LogP contribution >= 0.6 is 11.6 Å². The van der Waals surface area contributed by atoms with E-state index in [1.54, 1.807) is 18.2 Å². The normalized spacial score (nSPS) is 22.7. The van der Waals surface area contributed by atoms with Crippen LogP contribution in [0.15, 0.2) is 48.5 Å². The molecule has 0 bridgehead atoms. The SMILES string of the molecule is O=C(Nc1ccccc1F)NC1CCCC1N1CCC(Cc2ccc(Cl)cc2)CC1. The van der Waals surface area contributed by atoms with Gasteiger partial charge in [-0.2, -0.15) is 0 Å². The molecule has 2 unspecified atom stereocenters. The maximum atomic E-state index is 13.8. The number of anilines is 1. The van der Waals surface area contributed by atoms with Crippen molar-refractivity contribution in [1.82, 2.24) is 10.2 Å². The van der Waals surface area contributed by atoms with Crippen molar-refractivity contribution in [3.8, 4) is 0 Å². The number of benzene rings is 2. The van der Waals surface area contributed by atoms with Crippen LogP contribution in [-0.4, -0.2) is 36.1 Å². The highest BCUT2D eigenvalue weighted by Gasteiger charge is 2.35. The molecule has 160 valence electrons. The third kappa shape index (κ3) is 5.32. The van der Waals surface area contributed by atoms with Crippen LogP contribution in [0.2, 0.25) is 5.02 Å². The fraction of sp³-hybridized carbons (Fsp3) is 0.458.